The van der Waals surface area contributed by atoms with Gasteiger partial charge in [0.25, 0.3) is 0 Å². The van der Waals surface area contributed by atoms with Gasteiger partial charge >= 0.3 is 0 Å². The Kier molecular flexibility index (Phi) is 3.48. The molecule has 3 atom stereocenters. The van der Waals surface area contributed by atoms with Crippen LogP contribution in [0, 0.1) is 0 Å². The Balaban J connectivity index is 1.89. The number of carbonyl (C=O) groups is 2. The molecule has 3 unspecified atom stereocenters. The summed E-state index contributed by atoms with van der Waals surface area (Å²) in [5, 5.41) is 0. The second kappa shape index (κ2) is 5.02. The van der Waals surface area contributed by atoms with Crippen LogP contribution in [-0.4, -0.2) is 59.0 Å². The Labute approximate surface area is 120 Å². The predicted molar refractivity (Wildman–Crippen MR) is 74.1 cm³/mol. The van der Waals surface area contributed by atoms with Crippen molar-refractivity contribution in [3.63, 3.8) is 0 Å². The molecule has 112 valence electrons. The normalized spacial score (nSPS) is 38.9. The minimum Gasteiger partial charge on any atom is -0.376 e. The van der Waals surface area contributed by atoms with E-state index in [0.717, 1.165) is 32.2 Å². The highest BCUT2D eigenvalue weighted by atomic mass is 16.5. The number of fused-ring (bicyclic) bond motifs is 1. The van der Waals surface area contributed by atoms with Gasteiger partial charge in [-0.05, 0) is 39.5 Å². The zero-order chi connectivity index (χ0) is 14.3. The van der Waals surface area contributed by atoms with Crippen LogP contribution in [0.4, 0.5) is 0 Å². The first-order chi connectivity index (χ1) is 9.54. The molecule has 3 rings (SSSR count). The lowest BCUT2D eigenvalue weighted by atomic mass is 9.90. The maximum Gasteiger partial charge on any atom is 0.245 e. The summed E-state index contributed by atoms with van der Waals surface area (Å²) >= 11 is 0. The fourth-order valence-corrected chi connectivity index (χ4v) is 3.81. The highest BCUT2D eigenvalue weighted by Gasteiger charge is 2.48. The molecule has 2 amide bonds. The van der Waals surface area contributed by atoms with Gasteiger partial charge in [-0.3, -0.25) is 9.59 Å². The van der Waals surface area contributed by atoms with Crippen molar-refractivity contribution in [3.05, 3.63) is 0 Å². The van der Waals surface area contributed by atoms with E-state index in [9.17, 15) is 9.59 Å². The summed E-state index contributed by atoms with van der Waals surface area (Å²) in [7, 11) is 0. The SMILES string of the molecule is CC1OCCC1(C)N1CCC(=O)N2CCCCC2C1=O. The van der Waals surface area contributed by atoms with Crippen molar-refractivity contribution in [3.8, 4) is 0 Å². The molecule has 0 aromatic carbocycles. The first-order valence-electron chi connectivity index (χ1n) is 7.76. The van der Waals surface area contributed by atoms with Crippen molar-refractivity contribution in [1.29, 1.82) is 0 Å². The molecule has 3 fully saturated rings. The van der Waals surface area contributed by atoms with Crippen LogP contribution in [0.2, 0.25) is 0 Å². The third kappa shape index (κ3) is 2.03. The Morgan fingerprint density at radius 3 is 2.75 bits per heavy atom. The van der Waals surface area contributed by atoms with Gasteiger partial charge < -0.3 is 14.5 Å². The van der Waals surface area contributed by atoms with Crippen molar-refractivity contribution in [1.82, 2.24) is 9.80 Å². The van der Waals surface area contributed by atoms with Crippen LogP contribution < -0.4 is 0 Å². The van der Waals surface area contributed by atoms with E-state index in [4.69, 9.17) is 4.74 Å². The minimum atomic E-state index is -0.259. The number of hydrogen-bond acceptors (Lipinski definition) is 3. The second-order valence-electron chi connectivity index (χ2n) is 6.46. The van der Waals surface area contributed by atoms with E-state index in [1.54, 1.807) is 0 Å². The number of rotatable bonds is 1. The molecule has 0 spiro atoms. The smallest absolute Gasteiger partial charge is 0.245 e. The lowest BCUT2D eigenvalue weighted by molar-refractivity contribution is -0.147. The number of amides is 2. The molecule has 3 aliphatic heterocycles. The fourth-order valence-electron chi connectivity index (χ4n) is 3.81. The van der Waals surface area contributed by atoms with E-state index in [0.29, 0.717) is 19.6 Å². The Hall–Kier alpha value is -1.10. The molecule has 5 nitrogen and oxygen atoms in total. The maximum atomic E-state index is 12.9. The number of piperidine rings is 1. The Morgan fingerprint density at radius 2 is 2.05 bits per heavy atom. The van der Waals surface area contributed by atoms with E-state index in [2.05, 4.69) is 6.92 Å². The first-order valence-corrected chi connectivity index (χ1v) is 7.76. The van der Waals surface area contributed by atoms with Crippen molar-refractivity contribution in [2.75, 3.05) is 19.7 Å². The number of ether oxygens (including phenoxy) is 1. The van der Waals surface area contributed by atoms with Crippen molar-refractivity contribution < 1.29 is 14.3 Å². The standard InChI is InChI=1S/C15H24N2O3/c1-11-15(2,7-10-20-11)17-9-6-13(18)16-8-4-3-5-12(16)14(17)19/h11-12H,3-10H2,1-2H3. The number of nitrogens with zero attached hydrogens (tertiary/aromatic N) is 2. The van der Waals surface area contributed by atoms with E-state index < -0.39 is 0 Å². The van der Waals surface area contributed by atoms with E-state index in [1.807, 2.05) is 16.7 Å². The molecule has 3 aliphatic rings. The van der Waals surface area contributed by atoms with Gasteiger partial charge in [-0.15, -0.1) is 0 Å². The number of hydrogen-bond donors (Lipinski definition) is 0. The summed E-state index contributed by atoms with van der Waals surface area (Å²) in [5.41, 5.74) is -0.259. The molecular formula is C15H24N2O3. The third-order valence-electron chi connectivity index (χ3n) is 5.39. The quantitative estimate of drug-likeness (QED) is 0.724. The third-order valence-corrected chi connectivity index (χ3v) is 5.39. The molecule has 0 radical (unpaired) electrons. The molecule has 0 aromatic rings. The first kappa shape index (κ1) is 13.9. The zero-order valence-corrected chi connectivity index (χ0v) is 12.4. The summed E-state index contributed by atoms with van der Waals surface area (Å²) in [5.74, 6) is 0.274. The van der Waals surface area contributed by atoms with Gasteiger partial charge in [-0.25, -0.2) is 0 Å². The molecule has 20 heavy (non-hydrogen) atoms. The fraction of sp³-hybridized carbons (Fsp3) is 0.867. The summed E-state index contributed by atoms with van der Waals surface area (Å²) in [6, 6.07) is -0.233. The van der Waals surface area contributed by atoms with Gasteiger partial charge in [0.05, 0.1) is 11.6 Å². The lowest BCUT2D eigenvalue weighted by Crippen LogP contribution is -2.58. The lowest BCUT2D eigenvalue weighted by Gasteiger charge is -2.42. The van der Waals surface area contributed by atoms with E-state index >= 15 is 0 Å². The Bertz CT molecular complexity index is 425. The average molecular weight is 280 g/mol. The summed E-state index contributed by atoms with van der Waals surface area (Å²) in [4.78, 5) is 29.0. The molecule has 0 bridgehead atoms. The summed E-state index contributed by atoms with van der Waals surface area (Å²) < 4.78 is 5.68. The predicted octanol–water partition coefficient (Wildman–Crippen LogP) is 1.17. The highest BCUT2D eigenvalue weighted by Crippen LogP contribution is 2.35. The monoisotopic (exact) mass is 280 g/mol. The maximum absolute atomic E-state index is 12.9. The Morgan fingerprint density at radius 1 is 1.25 bits per heavy atom. The molecule has 0 aromatic heterocycles. The van der Waals surface area contributed by atoms with Gasteiger partial charge in [0, 0.05) is 26.1 Å². The van der Waals surface area contributed by atoms with Gasteiger partial charge in [-0.2, -0.15) is 0 Å². The van der Waals surface area contributed by atoms with Crippen molar-refractivity contribution >= 4 is 11.8 Å². The average Bonchev–Trinajstić information content (AvgIpc) is 2.72. The molecule has 3 saturated heterocycles. The van der Waals surface area contributed by atoms with Crippen LogP contribution in [0.1, 0.15) is 46.0 Å². The van der Waals surface area contributed by atoms with Crippen LogP contribution in [0.5, 0.6) is 0 Å². The van der Waals surface area contributed by atoms with E-state index in [1.165, 1.54) is 0 Å². The van der Waals surface area contributed by atoms with Crippen LogP contribution in [0.15, 0.2) is 0 Å². The zero-order valence-electron chi connectivity index (χ0n) is 12.4. The molecule has 0 N–H and O–H groups in total. The van der Waals surface area contributed by atoms with Crippen molar-refractivity contribution in [2.24, 2.45) is 0 Å². The van der Waals surface area contributed by atoms with Crippen LogP contribution in [0.25, 0.3) is 0 Å². The molecule has 0 aliphatic carbocycles. The highest BCUT2D eigenvalue weighted by molar-refractivity contribution is 5.90. The summed E-state index contributed by atoms with van der Waals surface area (Å²) in [6.07, 6.45) is 4.22. The largest absolute Gasteiger partial charge is 0.376 e. The topological polar surface area (TPSA) is 49.9 Å². The number of carbonyl (C=O) groups excluding carboxylic acids is 2. The van der Waals surface area contributed by atoms with Gasteiger partial charge in [-0.1, -0.05) is 0 Å². The molecular weight excluding hydrogens is 256 g/mol. The molecule has 3 heterocycles. The van der Waals surface area contributed by atoms with Crippen LogP contribution >= 0.6 is 0 Å². The van der Waals surface area contributed by atoms with Crippen LogP contribution in [0.3, 0.4) is 0 Å². The van der Waals surface area contributed by atoms with Gasteiger partial charge in [0.2, 0.25) is 11.8 Å². The summed E-state index contributed by atoms with van der Waals surface area (Å²) in [6.45, 7) is 6.11. The van der Waals surface area contributed by atoms with Crippen LogP contribution in [-0.2, 0) is 14.3 Å². The minimum absolute atomic E-state index is 0.0386. The van der Waals surface area contributed by atoms with Gasteiger partial charge in [0.1, 0.15) is 6.04 Å². The molecule has 0 saturated carbocycles. The van der Waals surface area contributed by atoms with Gasteiger partial charge in [0.15, 0.2) is 0 Å². The molecule has 5 heteroatoms. The second-order valence-corrected chi connectivity index (χ2v) is 6.46. The van der Waals surface area contributed by atoms with Crippen molar-refractivity contribution in [2.45, 2.75) is 63.6 Å². The van der Waals surface area contributed by atoms with E-state index in [-0.39, 0.29) is 29.5 Å².